The fourth-order valence-corrected chi connectivity index (χ4v) is 2.90. The van der Waals surface area contributed by atoms with E-state index in [0.29, 0.717) is 6.54 Å². The SMILES string of the molecule is CCC(C)(C)OCC(=O)N1CCC(n2ncc3ccccc32)C1. The molecule has 1 unspecified atom stereocenters. The van der Waals surface area contributed by atoms with Gasteiger partial charge >= 0.3 is 0 Å². The van der Waals surface area contributed by atoms with Crippen LogP contribution in [0.3, 0.4) is 0 Å². The van der Waals surface area contributed by atoms with Gasteiger partial charge in [0, 0.05) is 18.5 Å². The highest BCUT2D eigenvalue weighted by Crippen LogP contribution is 2.25. The van der Waals surface area contributed by atoms with E-state index in [1.807, 2.05) is 37.1 Å². The standard InChI is InChI=1S/C18H25N3O2/c1-4-18(2,3)23-13-17(22)20-10-9-15(12-20)21-16-8-6-5-7-14(16)11-19-21/h5-8,11,15H,4,9-10,12-13H2,1-3H3. The van der Waals surface area contributed by atoms with Crippen LogP contribution >= 0.6 is 0 Å². The Morgan fingerprint density at radius 1 is 1.39 bits per heavy atom. The highest BCUT2D eigenvalue weighted by atomic mass is 16.5. The number of likely N-dealkylation sites (tertiary alicyclic amines) is 1. The van der Waals surface area contributed by atoms with Gasteiger partial charge in [-0.3, -0.25) is 9.48 Å². The van der Waals surface area contributed by atoms with E-state index in [1.165, 1.54) is 0 Å². The maximum atomic E-state index is 12.4. The lowest BCUT2D eigenvalue weighted by Gasteiger charge is -2.25. The number of benzene rings is 1. The molecule has 3 rings (SSSR count). The Balaban J connectivity index is 1.63. The van der Waals surface area contributed by atoms with Crippen molar-refractivity contribution in [3.05, 3.63) is 30.5 Å². The van der Waals surface area contributed by atoms with Crippen molar-refractivity contribution in [3.63, 3.8) is 0 Å². The lowest BCUT2D eigenvalue weighted by molar-refractivity contribution is -0.141. The van der Waals surface area contributed by atoms with Crippen molar-refractivity contribution >= 4 is 16.8 Å². The lowest BCUT2D eigenvalue weighted by atomic mass is 10.1. The van der Waals surface area contributed by atoms with E-state index >= 15 is 0 Å². The van der Waals surface area contributed by atoms with Gasteiger partial charge in [-0.25, -0.2) is 0 Å². The predicted octanol–water partition coefficient (Wildman–Crippen LogP) is 3.01. The molecular weight excluding hydrogens is 290 g/mol. The molecule has 0 radical (unpaired) electrons. The van der Waals surface area contributed by atoms with Crippen LogP contribution in [0, 0.1) is 0 Å². The zero-order valence-corrected chi connectivity index (χ0v) is 14.2. The predicted molar refractivity (Wildman–Crippen MR) is 90.3 cm³/mol. The Morgan fingerprint density at radius 3 is 2.96 bits per heavy atom. The summed E-state index contributed by atoms with van der Waals surface area (Å²) < 4.78 is 7.79. The minimum atomic E-state index is -0.243. The van der Waals surface area contributed by atoms with Crippen molar-refractivity contribution in [1.29, 1.82) is 0 Å². The molecule has 0 spiro atoms. The lowest BCUT2D eigenvalue weighted by Crippen LogP contribution is -2.36. The number of fused-ring (bicyclic) bond motifs is 1. The molecule has 0 N–H and O–H groups in total. The summed E-state index contributed by atoms with van der Waals surface area (Å²) >= 11 is 0. The fourth-order valence-electron chi connectivity index (χ4n) is 2.90. The van der Waals surface area contributed by atoms with E-state index in [2.05, 4.69) is 28.8 Å². The third-order valence-electron chi connectivity index (χ3n) is 4.80. The largest absolute Gasteiger partial charge is 0.366 e. The molecular formula is C18H25N3O2. The maximum absolute atomic E-state index is 12.4. The minimum absolute atomic E-state index is 0.0745. The quantitative estimate of drug-likeness (QED) is 0.852. The summed E-state index contributed by atoms with van der Waals surface area (Å²) in [5.41, 5.74) is 0.891. The van der Waals surface area contributed by atoms with Crippen LogP contribution in [0.1, 0.15) is 39.7 Å². The topological polar surface area (TPSA) is 47.4 Å². The Morgan fingerprint density at radius 2 is 2.17 bits per heavy atom. The first-order valence-corrected chi connectivity index (χ1v) is 8.34. The van der Waals surface area contributed by atoms with Gasteiger partial charge in [0.15, 0.2) is 0 Å². The average Bonchev–Trinajstić information content (AvgIpc) is 3.19. The van der Waals surface area contributed by atoms with Crippen LogP contribution in [-0.2, 0) is 9.53 Å². The van der Waals surface area contributed by atoms with Gasteiger partial charge in [0.05, 0.1) is 23.4 Å². The average molecular weight is 315 g/mol. The molecule has 2 heterocycles. The molecule has 1 saturated heterocycles. The van der Waals surface area contributed by atoms with Crippen LogP contribution in [0.4, 0.5) is 0 Å². The van der Waals surface area contributed by atoms with Crippen LogP contribution in [0.25, 0.3) is 10.9 Å². The normalized spacial score (nSPS) is 18.7. The Bertz CT molecular complexity index is 692. The molecule has 1 fully saturated rings. The van der Waals surface area contributed by atoms with Crippen molar-refractivity contribution in [2.75, 3.05) is 19.7 Å². The van der Waals surface area contributed by atoms with Gasteiger partial charge in [-0.1, -0.05) is 25.1 Å². The van der Waals surface area contributed by atoms with E-state index in [9.17, 15) is 4.79 Å². The summed E-state index contributed by atoms with van der Waals surface area (Å²) in [5, 5.41) is 5.66. The number of para-hydroxylation sites is 1. The molecule has 2 aromatic rings. The second-order valence-corrected chi connectivity index (χ2v) is 6.83. The number of ether oxygens (including phenoxy) is 1. The van der Waals surface area contributed by atoms with Crippen molar-refractivity contribution in [3.8, 4) is 0 Å². The zero-order chi connectivity index (χ0) is 16.4. The zero-order valence-electron chi connectivity index (χ0n) is 14.2. The molecule has 0 saturated carbocycles. The van der Waals surface area contributed by atoms with Crippen LogP contribution in [0.15, 0.2) is 30.5 Å². The van der Waals surface area contributed by atoms with Crippen LogP contribution in [0.2, 0.25) is 0 Å². The fraction of sp³-hybridized carbons (Fsp3) is 0.556. The minimum Gasteiger partial charge on any atom is -0.366 e. The van der Waals surface area contributed by atoms with Crippen molar-refractivity contribution in [2.45, 2.75) is 45.3 Å². The molecule has 23 heavy (non-hydrogen) atoms. The molecule has 1 aliphatic rings. The molecule has 124 valence electrons. The molecule has 5 nitrogen and oxygen atoms in total. The number of hydrogen-bond acceptors (Lipinski definition) is 3. The number of carbonyl (C=O) groups excluding carboxylic acids is 1. The monoisotopic (exact) mass is 315 g/mol. The van der Waals surface area contributed by atoms with Gasteiger partial charge in [-0.2, -0.15) is 5.10 Å². The molecule has 1 aromatic carbocycles. The van der Waals surface area contributed by atoms with Gasteiger partial charge in [-0.15, -0.1) is 0 Å². The van der Waals surface area contributed by atoms with Crippen molar-refractivity contribution in [1.82, 2.24) is 14.7 Å². The van der Waals surface area contributed by atoms with Gasteiger partial charge in [0.1, 0.15) is 6.61 Å². The van der Waals surface area contributed by atoms with E-state index in [0.717, 1.165) is 30.3 Å². The molecule has 0 bridgehead atoms. The van der Waals surface area contributed by atoms with E-state index < -0.39 is 0 Å². The number of nitrogens with zero attached hydrogens (tertiary/aromatic N) is 3. The molecule has 1 aromatic heterocycles. The van der Waals surface area contributed by atoms with Crippen LogP contribution in [-0.4, -0.2) is 45.9 Å². The number of amides is 1. The second-order valence-electron chi connectivity index (χ2n) is 6.83. The molecule has 0 aliphatic carbocycles. The Labute approximate surface area is 137 Å². The Kier molecular flexibility index (Phi) is 4.39. The third-order valence-corrected chi connectivity index (χ3v) is 4.80. The first-order chi connectivity index (χ1) is 11.0. The number of hydrogen-bond donors (Lipinski definition) is 0. The summed E-state index contributed by atoms with van der Waals surface area (Å²) in [6, 6.07) is 8.44. The first kappa shape index (κ1) is 16.0. The van der Waals surface area contributed by atoms with Crippen molar-refractivity contribution < 1.29 is 9.53 Å². The van der Waals surface area contributed by atoms with E-state index in [1.54, 1.807) is 0 Å². The molecule has 1 aliphatic heterocycles. The molecule has 5 heteroatoms. The van der Waals surface area contributed by atoms with Gasteiger partial charge in [0.25, 0.3) is 0 Å². The van der Waals surface area contributed by atoms with Gasteiger partial charge < -0.3 is 9.64 Å². The van der Waals surface area contributed by atoms with Crippen molar-refractivity contribution in [2.24, 2.45) is 0 Å². The van der Waals surface area contributed by atoms with Gasteiger partial charge in [-0.05, 0) is 32.8 Å². The first-order valence-electron chi connectivity index (χ1n) is 8.34. The third kappa shape index (κ3) is 3.39. The summed E-state index contributed by atoms with van der Waals surface area (Å²) in [4.78, 5) is 14.3. The summed E-state index contributed by atoms with van der Waals surface area (Å²) in [7, 11) is 0. The Hall–Kier alpha value is -1.88. The number of carbonyl (C=O) groups is 1. The van der Waals surface area contributed by atoms with Crippen LogP contribution < -0.4 is 0 Å². The summed E-state index contributed by atoms with van der Waals surface area (Å²) in [5.74, 6) is 0.0745. The van der Waals surface area contributed by atoms with E-state index in [4.69, 9.17) is 4.74 Å². The summed E-state index contributed by atoms with van der Waals surface area (Å²) in [6.07, 6.45) is 3.73. The maximum Gasteiger partial charge on any atom is 0.248 e. The summed E-state index contributed by atoms with van der Waals surface area (Å²) in [6.45, 7) is 7.74. The molecule has 1 atom stereocenters. The number of rotatable bonds is 5. The highest BCUT2D eigenvalue weighted by molar-refractivity contribution is 5.79. The second kappa shape index (κ2) is 6.32. The van der Waals surface area contributed by atoms with E-state index in [-0.39, 0.29) is 24.2 Å². The number of aromatic nitrogens is 2. The molecule has 1 amide bonds. The van der Waals surface area contributed by atoms with Gasteiger partial charge in [0.2, 0.25) is 5.91 Å². The highest BCUT2D eigenvalue weighted by Gasteiger charge is 2.29. The van der Waals surface area contributed by atoms with Crippen LogP contribution in [0.5, 0.6) is 0 Å². The smallest absolute Gasteiger partial charge is 0.248 e.